The number of hydrogen-bond donors (Lipinski definition) is 3. The topological polar surface area (TPSA) is 116 Å². The molecule has 4 N–H and O–H groups in total. The molecule has 0 amide bonds. The fraction of sp³-hybridized carbons (Fsp3) is 0.464. The Morgan fingerprint density at radius 2 is 1.69 bits per heavy atom. The van der Waals surface area contributed by atoms with Crippen molar-refractivity contribution in [2.24, 2.45) is 5.73 Å². The summed E-state index contributed by atoms with van der Waals surface area (Å²) in [6.45, 7) is 7.13. The van der Waals surface area contributed by atoms with E-state index in [1.807, 2.05) is 49.1 Å². The van der Waals surface area contributed by atoms with Crippen molar-refractivity contribution < 1.29 is 14.3 Å². The Bertz CT molecular complexity index is 1090. The molecule has 1 saturated heterocycles. The molecule has 2 aliphatic rings. The van der Waals surface area contributed by atoms with Crippen molar-refractivity contribution in [2.75, 3.05) is 26.2 Å². The average molecular weight is 492 g/mol. The van der Waals surface area contributed by atoms with Crippen LogP contribution in [0.4, 0.5) is 0 Å². The van der Waals surface area contributed by atoms with Gasteiger partial charge in [-0.3, -0.25) is 15.6 Å². The molecular formula is C28H37N5O3. The highest BCUT2D eigenvalue weighted by Crippen LogP contribution is 2.31. The Labute approximate surface area is 213 Å². The number of piperidine rings is 1. The predicted octanol–water partition coefficient (Wildman–Crippen LogP) is 3.86. The lowest BCUT2D eigenvalue weighted by Gasteiger charge is -2.33. The molecule has 192 valence electrons. The molecule has 2 aliphatic heterocycles. The summed E-state index contributed by atoms with van der Waals surface area (Å²) in [7, 11) is 0. The molecule has 2 heterocycles. The van der Waals surface area contributed by atoms with Gasteiger partial charge in [0.15, 0.2) is 5.96 Å². The van der Waals surface area contributed by atoms with Gasteiger partial charge in [0, 0.05) is 45.4 Å². The lowest BCUT2D eigenvalue weighted by Crippen LogP contribution is -2.41. The van der Waals surface area contributed by atoms with E-state index < -0.39 is 5.92 Å². The number of carbonyl (C=O) groups excluding carboxylic acids is 1. The lowest BCUT2D eigenvalue weighted by molar-refractivity contribution is -0.143. The van der Waals surface area contributed by atoms with Crippen LogP contribution in [0.3, 0.4) is 0 Å². The number of hydrogen-bond acceptors (Lipinski definition) is 5. The molecule has 0 aliphatic carbocycles. The third-order valence-corrected chi connectivity index (χ3v) is 7.11. The van der Waals surface area contributed by atoms with Crippen molar-refractivity contribution >= 4 is 17.8 Å². The lowest BCUT2D eigenvalue weighted by atomic mass is 9.87. The molecule has 1 fully saturated rings. The summed E-state index contributed by atoms with van der Waals surface area (Å²) in [4.78, 5) is 17.0. The van der Waals surface area contributed by atoms with Crippen LogP contribution in [0, 0.1) is 10.8 Å². The smallest absolute Gasteiger partial charge is 0.317 e. The van der Waals surface area contributed by atoms with Crippen LogP contribution in [-0.2, 0) is 22.5 Å². The van der Waals surface area contributed by atoms with Crippen LogP contribution in [0.1, 0.15) is 61.3 Å². The summed E-state index contributed by atoms with van der Waals surface area (Å²) < 4.78 is 11.7. The molecule has 2 aromatic carbocycles. The molecule has 0 aromatic heterocycles. The molecule has 0 saturated carbocycles. The van der Waals surface area contributed by atoms with Crippen LogP contribution < -0.4 is 10.5 Å². The van der Waals surface area contributed by atoms with Crippen LogP contribution >= 0.6 is 0 Å². The highest BCUT2D eigenvalue weighted by molar-refractivity contribution is 5.82. The number of carbonyl (C=O) groups is 1. The van der Waals surface area contributed by atoms with Crippen molar-refractivity contribution in [1.29, 1.82) is 10.8 Å². The van der Waals surface area contributed by atoms with Crippen molar-refractivity contribution in [3.8, 4) is 5.75 Å². The summed E-state index contributed by atoms with van der Waals surface area (Å²) in [6.07, 6.45) is 3.49. The van der Waals surface area contributed by atoms with E-state index in [1.165, 1.54) is 5.56 Å². The summed E-state index contributed by atoms with van der Waals surface area (Å²) in [5.41, 5.74) is 9.76. The Kier molecular flexibility index (Phi) is 8.13. The third kappa shape index (κ3) is 5.80. The largest absolute Gasteiger partial charge is 0.490 e. The molecule has 8 heteroatoms. The molecule has 2 aromatic rings. The number of esters is 1. The van der Waals surface area contributed by atoms with E-state index in [2.05, 4.69) is 17.0 Å². The second kappa shape index (κ2) is 11.5. The van der Waals surface area contributed by atoms with Crippen molar-refractivity contribution in [3.63, 3.8) is 0 Å². The Balaban J connectivity index is 1.50. The van der Waals surface area contributed by atoms with Crippen LogP contribution in [0.5, 0.6) is 5.75 Å². The number of nitrogens with two attached hydrogens (primary N) is 1. The van der Waals surface area contributed by atoms with Gasteiger partial charge in [0.05, 0.1) is 12.4 Å². The van der Waals surface area contributed by atoms with E-state index in [-0.39, 0.29) is 18.0 Å². The monoisotopic (exact) mass is 491 g/mol. The number of nitrogens with zero attached hydrogens (tertiary/aromatic N) is 2. The SMILES string of the molecule is CCOC(=O)C(c1ccc(OC2CCN(C(=N)CC)CC2)cc1)c1ccc2c(c1)CN(C(=N)N)CC2. The van der Waals surface area contributed by atoms with Crippen molar-refractivity contribution in [2.45, 2.75) is 58.1 Å². The number of guanidine groups is 1. The number of benzene rings is 2. The van der Waals surface area contributed by atoms with E-state index in [9.17, 15) is 4.79 Å². The Morgan fingerprint density at radius 3 is 2.33 bits per heavy atom. The molecule has 8 nitrogen and oxygen atoms in total. The third-order valence-electron chi connectivity index (χ3n) is 7.11. The number of amidine groups is 1. The van der Waals surface area contributed by atoms with Gasteiger partial charge in [-0.2, -0.15) is 0 Å². The zero-order chi connectivity index (χ0) is 25.7. The molecule has 0 spiro atoms. The quantitative estimate of drug-likeness (QED) is 0.308. The second-order valence-electron chi connectivity index (χ2n) is 9.44. The first-order valence-corrected chi connectivity index (χ1v) is 12.9. The molecule has 1 atom stereocenters. The van der Waals surface area contributed by atoms with Gasteiger partial charge in [0.1, 0.15) is 17.8 Å². The van der Waals surface area contributed by atoms with Crippen molar-refractivity contribution in [3.05, 3.63) is 64.7 Å². The summed E-state index contributed by atoms with van der Waals surface area (Å²) >= 11 is 0. The first-order chi connectivity index (χ1) is 17.4. The number of fused-ring (bicyclic) bond motifs is 1. The van der Waals surface area contributed by atoms with Gasteiger partial charge in [-0.15, -0.1) is 0 Å². The zero-order valence-electron chi connectivity index (χ0n) is 21.3. The van der Waals surface area contributed by atoms with Gasteiger partial charge in [0.25, 0.3) is 0 Å². The fourth-order valence-corrected chi connectivity index (χ4v) is 5.05. The first-order valence-electron chi connectivity index (χ1n) is 12.9. The number of likely N-dealkylation sites (tertiary alicyclic amines) is 1. The van der Waals surface area contributed by atoms with Gasteiger partial charge < -0.3 is 25.0 Å². The Hall–Kier alpha value is -3.55. The molecule has 4 rings (SSSR count). The summed E-state index contributed by atoms with van der Waals surface area (Å²) in [6, 6.07) is 13.9. The van der Waals surface area contributed by atoms with E-state index in [0.717, 1.165) is 67.8 Å². The zero-order valence-corrected chi connectivity index (χ0v) is 21.3. The average Bonchev–Trinajstić information content (AvgIpc) is 2.89. The van der Waals surface area contributed by atoms with Crippen LogP contribution in [0.25, 0.3) is 0 Å². The molecule has 36 heavy (non-hydrogen) atoms. The minimum absolute atomic E-state index is 0.0675. The van der Waals surface area contributed by atoms with Crippen LogP contribution in [0.2, 0.25) is 0 Å². The van der Waals surface area contributed by atoms with Gasteiger partial charge in [-0.05, 0) is 47.7 Å². The summed E-state index contributed by atoms with van der Waals surface area (Å²) in [5, 5.41) is 15.8. The van der Waals surface area contributed by atoms with Gasteiger partial charge >= 0.3 is 5.97 Å². The maximum Gasteiger partial charge on any atom is 0.317 e. The van der Waals surface area contributed by atoms with Crippen molar-refractivity contribution in [1.82, 2.24) is 9.80 Å². The van der Waals surface area contributed by atoms with E-state index in [4.69, 9.17) is 26.0 Å². The highest BCUT2D eigenvalue weighted by atomic mass is 16.5. The summed E-state index contributed by atoms with van der Waals surface area (Å²) in [5.74, 6) is 0.723. The molecule has 1 unspecified atom stereocenters. The van der Waals surface area contributed by atoms with E-state index >= 15 is 0 Å². The number of rotatable bonds is 7. The maximum absolute atomic E-state index is 13.1. The fourth-order valence-electron chi connectivity index (χ4n) is 5.05. The van der Waals surface area contributed by atoms with Gasteiger partial charge in [0.2, 0.25) is 0 Å². The maximum atomic E-state index is 13.1. The molecule has 0 radical (unpaired) electrons. The molecular weight excluding hydrogens is 454 g/mol. The second-order valence-corrected chi connectivity index (χ2v) is 9.44. The van der Waals surface area contributed by atoms with Gasteiger partial charge in [-0.1, -0.05) is 37.3 Å². The van der Waals surface area contributed by atoms with E-state index in [1.54, 1.807) is 0 Å². The normalized spacial score (nSPS) is 16.7. The predicted molar refractivity (Wildman–Crippen MR) is 141 cm³/mol. The Morgan fingerprint density at radius 1 is 1.00 bits per heavy atom. The number of ether oxygens (including phenoxy) is 2. The minimum Gasteiger partial charge on any atom is -0.490 e. The molecule has 0 bridgehead atoms. The first kappa shape index (κ1) is 25.5. The van der Waals surface area contributed by atoms with Crippen LogP contribution in [0.15, 0.2) is 42.5 Å². The van der Waals surface area contributed by atoms with Crippen LogP contribution in [-0.4, -0.2) is 59.9 Å². The highest BCUT2D eigenvalue weighted by Gasteiger charge is 2.27. The number of nitrogens with one attached hydrogen (secondary N) is 2. The van der Waals surface area contributed by atoms with Gasteiger partial charge in [-0.25, -0.2) is 0 Å². The standard InChI is InChI=1S/C28H37N5O3/c1-3-25(29)32-15-12-24(13-16-32)36-23-9-7-20(8-10-23)26(27(34)35-4-2)21-6-5-19-11-14-33(28(30)31)18-22(19)17-21/h5-10,17,24,26,29H,3-4,11-16,18H2,1-2H3,(H3,30,31). The minimum atomic E-state index is -0.541. The van der Waals surface area contributed by atoms with E-state index in [0.29, 0.717) is 19.0 Å².